The summed E-state index contributed by atoms with van der Waals surface area (Å²) in [5.41, 5.74) is 1.25. The smallest absolute Gasteiger partial charge is 0.272 e. The molecule has 2 saturated heterocycles. The maximum Gasteiger partial charge on any atom is 0.272 e. The average molecular weight is 476 g/mol. The number of carbonyl (C=O) groups is 1. The molecular weight excluding hydrogens is 440 g/mol. The number of hydrogen-bond acceptors (Lipinski definition) is 5. The molecule has 0 bridgehead atoms. The van der Waals surface area contributed by atoms with Gasteiger partial charge >= 0.3 is 0 Å². The minimum Gasteiger partial charge on any atom is -0.379 e. The highest BCUT2D eigenvalue weighted by Crippen LogP contribution is 2.57. The summed E-state index contributed by atoms with van der Waals surface area (Å²) in [7, 11) is 0. The summed E-state index contributed by atoms with van der Waals surface area (Å²) in [6.45, 7) is 5.02. The number of nitrogens with zero attached hydrogens (tertiary/aromatic N) is 3. The molecule has 186 valence electrons. The van der Waals surface area contributed by atoms with E-state index < -0.39 is 5.92 Å². The molecule has 1 amide bonds. The quantitative estimate of drug-likeness (QED) is 0.670. The molecule has 6 nitrogen and oxygen atoms in total. The van der Waals surface area contributed by atoms with Crippen LogP contribution in [0.25, 0.3) is 0 Å². The summed E-state index contributed by atoms with van der Waals surface area (Å²) < 4.78 is 39.4. The summed E-state index contributed by atoms with van der Waals surface area (Å²) in [6.07, 6.45) is 8.21. The Labute approximate surface area is 200 Å². The number of carbonyl (C=O) groups excluding carboxylic acids is 1. The van der Waals surface area contributed by atoms with Gasteiger partial charge in [-0.25, -0.2) is 8.78 Å². The number of halogens is 2. The molecule has 1 aromatic rings. The molecule has 0 N–H and O–H groups in total. The molecule has 5 atom stereocenters. The second-order valence-corrected chi connectivity index (χ2v) is 11.1. The number of fused-ring (bicyclic) bond motifs is 3. The molecule has 5 unspecified atom stereocenters. The molecule has 0 radical (unpaired) electrons. The van der Waals surface area contributed by atoms with E-state index in [-0.39, 0.29) is 23.0 Å². The van der Waals surface area contributed by atoms with Gasteiger partial charge in [-0.05, 0) is 49.7 Å². The Morgan fingerprint density at radius 3 is 3.00 bits per heavy atom. The van der Waals surface area contributed by atoms with Gasteiger partial charge in [-0.15, -0.1) is 0 Å². The highest BCUT2D eigenvalue weighted by molar-refractivity contribution is 5.84. The number of morpholine rings is 1. The lowest BCUT2D eigenvalue weighted by molar-refractivity contribution is -0.149. The van der Waals surface area contributed by atoms with Crippen molar-refractivity contribution < 1.29 is 23.0 Å². The zero-order chi connectivity index (χ0) is 23.5. The Balaban J connectivity index is 1.21. The fourth-order valence-corrected chi connectivity index (χ4v) is 7.53. The van der Waals surface area contributed by atoms with Crippen molar-refractivity contribution in [2.45, 2.75) is 82.5 Å². The van der Waals surface area contributed by atoms with Crippen LogP contribution in [0.3, 0.4) is 0 Å². The van der Waals surface area contributed by atoms with Crippen molar-refractivity contribution in [2.24, 2.45) is 11.3 Å². The first-order chi connectivity index (χ1) is 16.3. The van der Waals surface area contributed by atoms with E-state index in [1.165, 1.54) is 6.20 Å². The van der Waals surface area contributed by atoms with Crippen LogP contribution in [0.5, 0.6) is 0 Å². The molecule has 6 rings (SSSR count). The molecule has 0 aromatic carbocycles. The minimum atomic E-state index is -2.93. The molecule has 2 aliphatic carbocycles. The Morgan fingerprint density at radius 2 is 2.15 bits per heavy atom. The SMILES string of the molecule is CC(F)(F)c1cnc2c(c1)CN(C(=O)C13CCCC1CC(N1CCOC4COCCC41)C3)CC2. The highest BCUT2D eigenvalue weighted by Gasteiger charge is 2.58. The van der Waals surface area contributed by atoms with Crippen LogP contribution in [0.1, 0.15) is 62.3 Å². The predicted octanol–water partition coefficient (Wildman–Crippen LogP) is 3.52. The Kier molecular flexibility index (Phi) is 5.69. The first-order valence-electron chi connectivity index (χ1n) is 13.0. The van der Waals surface area contributed by atoms with Crippen LogP contribution in [0.15, 0.2) is 12.3 Å². The van der Waals surface area contributed by atoms with Gasteiger partial charge in [0.2, 0.25) is 5.91 Å². The fraction of sp³-hybridized carbons (Fsp3) is 0.769. The summed E-state index contributed by atoms with van der Waals surface area (Å²) in [5, 5.41) is 0. The van der Waals surface area contributed by atoms with Crippen LogP contribution in [0, 0.1) is 11.3 Å². The van der Waals surface area contributed by atoms with Gasteiger partial charge in [-0.3, -0.25) is 14.7 Å². The van der Waals surface area contributed by atoms with Gasteiger partial charge in [0.15, 0.2) is 0 Å². The van der Waals surface area contributed by atoms with Gasteiger partial charge in [0.05, 0.1) is 24.7 Å². The fourth-order valence-electron chi connectivity index (χ4n) is 7.53. The maximum absolute atomic E-state index is 14.1. The van der Waals surface area contributed by atoms with Crippen molar-refractivity contribution in [3.8, 4) is 0 Å². The van der Waals surface area contributed by atoms with Gasteiger partial charge in [0.25, 0.3) is 5.92 Å². The third kappa shape index (κ3) is 3.77. The number of aromatic nitrogens is 1. The van der Waals surface area contributed by atoms with E-state index in [4.69, 9.17) is 9.47 Å². The Bertz CT molecular complexity index is 952. The average Bonchev–Trinajstić information content (AvgIpc) is 3.40. The number of hydrogen-bond donors (Lipinski definition) is 0. The number of pyridine rings is 1. The number of rotatable bonds is 3. The van der Waals surface area contributed by atoms with Crippen molar-refractivity contribution >= 4 is 5.91 Å². The van der Waals surface area contributed by atoms with Crippen LogP contribution in [0.4, 0.5) is 8.78 Å². The molecule has 2 saturated carbocycles. The van der Waals surface area contributed by atoms with Gasteiger partial charge in [-0.2, -0.15) is 0 Å². The van der Waals surface area contributed by atoms with Crippen LogP contribution in [-0.2, 0) is 33.2 Å². The van der Waals surface area contributed by atoms with E-state index in [1.54, 1.807) is 6.07 Å². The highest BCUT2D eigenvalue weighted by atomic mass is 19.3. The lowest BCUT2D eigenvalue weighted by Gasteiger charge is -2.46. The predicted molar refractivity (Wildman–Crippen MR) is 121 cm³/mol. The molecule has 4 heterocycles. The van der Waals surface area contributed by atoms with Crippen molar-refractivity contribution in [3.05, 3.63) is 29.1 Å². The lowest BCUT2D eigenvalue weighted by atomic mass is 9.78. The number of ether oxygens (including phenoxy) is 2. The summed E-state index contributed by atoms with van der Waals surface area (Å²) >= 11 is 0. The third-order valence-corrected chi connectivity index (χ3v) is 9.22. The largest absolute Gasteiger partial charge is 0.379 e. The van der Waals surface area contributed by atoms with Crippen molar-refractivity contribution in [3.63, 3.8) is 0 Å². The van der Waals surface area contributed by atoms with Crippen LogP contribution < -0.4 is 0 Å². The molecule has 4 fully saturated rings. The summed E-state index contributed by atoms with van der Waals surface area (Å²) in [5.74, 6) is -2.27. The van der Waals surface area contributed by atoms with E-state index in [1.807, 2.05) is 4.90 Å². The zero-order valence-corrected chi connectivity index (χ0v) is 20.0. The van der Waals surface area contributed by atoms with Crippen molar-refractivity contribution in [1.82, 2.24) is 14.8 Å². The maximum atomic E-state index is 14.1. The Hall–Kier alpha value is -1.64. The molecule has 34 heavy (non-hydrogen) atoms. The monoisotopic (exact) mass is 475 g/mol. The number of amides is 1. The normalized spacial score (nSPS) is 36.1. The van der Waals surface area contributed by atoms with E-state index in [0.29, 0.717) is 44.1 Å². The van der Waals surface area contributed by atoms with Gasteiger partial charge in [0.1, 0.15) is 0 Å². The topological polar surface area (TPSA) is 54.9 Å². The van der Waals surface area contributed by atoms with Crippen LogP contribution in [0.2, 0.25) is 0 Å². The van der Waals surface area contributed by atoms with Crippen LogP contribution in [-0.4, -0.2) is 71.8 Å². The Morgan fingerprint density at radius 1 is 1.26 bits per heavy atom. The summed E-state index contributed by atoms with van der Waals surface area (Å²) in [4.78, 5) is 23.0. The molecule has 0 spiro atoms. The second kappa shape index (κ2) is 8.49. The molecule has 1 aromatic heterocycles. The van der Waals surface area contributed by atoms with Gasteiger partial charge < -0.3 is 14.4 Å². The minimum absolute atomic E-state index is 0.0725. The molecule has 3 aliphatic heterocycles. The first kappa shape index (κ1) is 22.8. The second-order valence-electron chi connectivity index (χ2n) is 11.1. The lowest BCUT2D eigenvalue weighted by Crippen LogP contribution is -2.58. The van der Waals surface area contributed by atoms with E-state index in [9.17, 15) is 13.6 Å². The molecule has 8 heteroatoms. The van der Waals surface area contributed by atoms with E-state index in [0.717, 1.165) is 76.5 Å². The molecule has 5 aliphatic rings. The van der Waals surface area contributed by atoms with Crippen LogP contribution >= 0.6 is 0 Å². The van der Waals surface area contributed by atoms with Crippen molar-refractivity contribution in [2.75, 3.05) is 32.9 Å². The van der Waals surface area contributed by atoms with Crippen molar-refractivity contribution in [1.29, 1.82) is 0 Å². The third-order valence-electron chi connectivity index (χ3n) is 9.22. The van der Waals surface area contributed by atoms with E-state index in [2.05, 4.69) is 9.88 Å². The van der Waals surface area contributed by atoms with E-state index >= 15 is 0 Å². The first-order valence-corrected chi connectivity index (χ1v) is 13.0. The standard InChI is InChI=1S/C26H35F2N3O3/c1-25(27,28)19-11-17-15-30(7-4-21(17)29-14-19)24(32)26-6-2-3-18(26)12-20(13-26)31-8-10-34-23-16-33-9-5-22(23)31/h11,14,18,20,22-23H,2-10,12-13,15-16H2,1H3. The molecular formula is C26H35F2N3O3. The summed E-state index contributed by atoms with van der Waals surface area (Å²) in [6, 6.07) is 2.36. The number of alkyl halides is 2. The van der Waals surface area contributed by atoms with Gasteiger partial charge in [-0.1, -0.05) is 6.42 Å². The zero-order valence-electron chi connectivity index (χ0n) is 20.0. The van der Waals surface area contributed by atoms with Gasteiger partial charge in [0, 0.05) is 69.1 Å².